The third-order valence-corrected chi connectivity index (χ3v) is 6.71. The summed E-state index contributed by atoms with van der Waals surface area (Å²) in [6, 6.07) is 9.01. The van der Waals surface area contributed by atoms with Crippen LogP contribution in [-0.2, 0) is 9.53 Å². The van der Waals surface area contributed by atoms with Crippen molar-refractivity contribution in [3.63, 3.8) is 0 Å². The van der Waals surface area contributed by atoms with E-state index < -0.39 is 0 Å². The Labute approximate surface area is 172 Å². The first-order chi connectivity index (χ1) is 14.3. The Kier molecular flexibility index (Phi) is 5.46. The Balaban J connectivity index is 1.17. The molecule has 3 saturated heterocycles. The topological polar surface area (TPSA) is 46.9 Å². The molecule has 3 aliphatic heterocycles. The average Bonchev–Trinajstić information content (AvgIpc) is 3.48. The number of hydrogen-bond donors (Lipinski definition) is 0. The molecule has 0 N–H and O–H groups in total. The molecule has 29 heavy (non-hydrogen) atoms. The molecule has 4 heterocycles. The van der Waals surface area contributed by atoms with Gasteiger partial charge >= 0.3 is 0 Å². The molecule has 0 radical (unpaired) electrons. The average molecular weight is 398 g/mol. The quantitative estimate of drug-likeness (QED) is 0.752. The van der Waals surface area contributed by atoms with Crippen LogP contribution >= 0.6 is 0 Å². The van der Waals surface area contributed by atoms with Gasteiger partial charge in [0.05, 0.1) is 18.2 Å². The van der Waals surface area contributed by atoms with Gasteiger partial charge in [0.1, 0.15) is 11.9 Å². The van der Waals surface area contributed by atoms with Gasteiger partial charge in [0.25, 0.3) is 0 Å². The van der Waals surface area contributed by atoms with Crippen LogP contribution in [0.1, 0.15) is 38.1 Å². The van der Waals surface area contributed by atoms with E-state index in [0.717, 1.165) is 83.8 Å². The van der Waals surface area contributed by atoms with Gasteiger partial charge in [-0.3, -0.25) is 4.79 Å². The highest BCUT2D eigenvalue weighted by atomic mass is 16.5. The number of hydrogen-bond acceptors (Lipinski definition) is 4. The summed E-state index contributed by atoms with van der Waals surface area (Å²) in [7, 11) is 0. The van der Waals surface area contributed by atoms with Crippen molar-refractivity contribution in [3.8, 4) is 5.75 Å². The van der Waals surface area contributed by atoms with Crippen LogP contribution in [0.25, 0.3) is 10.9 Å². The maximum absolute atomic E-state index is 11.8. The van der Waals surface area contributed by atoms with E-state index in [1.165, 1.54) is 10.9 Å². The number of fused-ring (bicyclic) bond motifs is 1. The van der Waals surface area contributed by atoms with E-state index in [9.17, 15) is 4.79 Å². The van der Waals surface area contributed by atoms with Crippen molar-refractivity contribution in [3.05, 3.63) is 30.5 Å². The Morgan fingerprint density at radius 1 is 1.07 bits per heavy atom. The van der Waals surface area contributed by atoms with E-state index in [1.807, 2.05) is 4.90 Å². The molecule has 1 atom stereocenters. The van der Waals surface area contributed by atoms with E-state index in [4.69, 9.17) is 9.47 Å². The minimum absolute atomic E-state index is 0.267. The molecule has 6 nitrogen and oxygen atoms in total. The van der Waals surface area contributed by atoms with E-state index in [0.29, 0.717) is 11.9 Å². The van der Waals surface area contributed by atoms with Gasteiger partial charge in [-0.25, -0.2) is 0 Å². The SMILES string of the molecule is O=C1CCCN1CCN1CCC(Oc2cccc3c2ccn3C2CCOC2)CC1. The van der Waals surface area contributed by atoms with Crippen molar-refractivity contribution < 1.29 is 14.3 Å². The molecule has 0 bridgehead atoms. The van der Waals surface area contributed by atoms with E-state index in [-0.39, 0.29) is 6.10 Å². The molecule has 3 aliphatic rings. The molecule has 156 valence electrons. The van der Waals surface area contributed by atoms with Gasteiger partial charge in [-0.15, -0.1) is 0 Å². The smallest absolute Gasteiger partial charge is 0.222 e. The van der Waals surface area contributed by atoms with Crippen LogP contribution in [0.5, 0.6) is 5.75 Å². The molecule has 3 fully saturated rings. The van der Waals surface area contributed by atoms with Crippen LogP contribution in [0.15, 0.2) is 30.5 Å². The fourth-order valence-electron chi connectivity index (χ4n) is 4.96. The number of amides is 1. The van der Waals surface area contributed by atoms with Gasteiger partial charge in [-0.2, -0.15) is 0 Å². The maximum atomic E-state index is 11.8. The molecule has 1 aromatic heterocycles. The molecular weight excluding hydrogens is 366 g/mol. The maximum Gasteiger partial charge on any atom is 0.222 e. The van der Waals surface area contributed by atoms with Gasteiger partial charge in [0, 0.05) is 57.3 Å². The first kappa shape index (κ1) is 18.9. The summed E-state index contributed by atoms with van der Waals surface area (Å²) in [5.41, 5.74) is 1.24. The molecule has 5 rings (SSSR count). The first-order valence-corrected chi connectivity index (χ1v) is 11.1. The van der Waals surface area contributed by atoms with E-state index in [2.05, 4.69) is 39.9 Å². The van der Waals surface area contributed by atoms with Crippen molar-refractivity contribution in [2.45, 2.75) is 44.2 Å². The summed E-state index contributed by atoms with van der Waals surface area (Å²) >= 11 is 0. The molecule has 1 unspecified atom stereocenters. The largest absolute Gasteiger partial charge is 0.490 e. The second kappa shape index (κ2) is 8.36. The van der Waals surface area contributed by atoms with Crippen molar-refractivity contribution >= 4 is 16.8 Å². The summed E-state index contributed by atoms with van der Waals surface area (Å²) in [6.07, 6.45) is 7.37. The van der Waals surface area contributed by atoms with Gasteiger partial charge in [-0.1, -0.05) is 6.07 Å². The summed E-state index contributed by atoms with van der Waals surface area (Å²) in [5, 5.41) is 1.20. The van der Waals surface area contributed by atoms with Gasteiger partial charge in [-0.05, 0) is 43.9 Å². The fraction of sp³-hybridized carbons (Fsp3) is 0.609. The van der Waals surface area contributed by atoms with Crippen molar-refractivity contribution in [2.24, 2.45) is 0 Å². The number of carbonyl (C=O) groups is 1. The Morgan fingerprint density at radius 2 is 1.97 bits per heavy atom. The lowest BCUT2D eigenvalue weighted by Crippen LogP contribution is -2.42. The number of piperidine rings is 1. The summed E-state index contributed by atoms with van der Waals surface area (Å²) in [6.45, 7) is 6.55. The van der Waals surface area contributed by atoms with Gasteiger partial charge < -0.3 is 23.8 Å². The number of aromatic nitrogens is 1. The van der Waals surface area contributed by atoms with Crippen molar-refractivity contribution in [2.75, 3.05) is 45.9 Å². The lowest BCUT2D eigenvalue weighted by molar-refractivity contribution is -0.127. The van der Waals surface area contributed by atoms with Crippen LogP contribution in [0.2, 0.25) is 0 Å². The number of ether oxygens (including phenoxy) is 2. The monoisotopic (exact) mass is 397 g/mol. The molecule has 0 saturated carbocycles. The fourth-order valence-corrected chi connectivity index (χ4v) is 4.96. The molecular formula is C23H31N3O3. The minimum atomic E-state index is 0.267. The first-order valence-electron chi connectivity index (χ1n) is 11.1. The van der Waals surface area contributed by atoms with E-state index in [1.54, 1.807) is 0 Å². The van der Waals surface area contributed by atoms with Crippen molar-refractivity contribution in [1.82, 2.24) is 14.4 Å². The minimum Gasteiger partial charge on any atom is -0.490 e. The predicted octanol–water partition coefficient (Wildman–Crippen LogP) is 3.07. The van der Waals surface area contributed by atoms with Crippen LogP contribution in [0.4, 0.5) is 0 Å². The highest BCUT2D eigenvalue weighted by Crippen LogP contribution is 2.32. The molecule has 6 heteroatoms. The third-order valence-electron chi connectivity index (χ3n) is 6.71. The standard InChI is InChI=1S/C23H31N3O3/c27-23-5-2-10-25(23)15-14-24-11-6-19(7-12-24)29-22-4-1-3-21-20(22)8-13-26(21)18-9-16-28-17-18/h1,3-4,8,13,18-19H,2,5-7,9-12,14-17H2. The number of rotatable bonds is 6. The summed E-state index contributed by atoms with van der Waals surface area (Å²) < 4.78 is 14.4. The second-order valence-corrected chi connectivity index (χ2v) is 8.57. The lowest BCUT2D eigenvalue weighted by Gasteiger charge is -2.33. The van der Waals surface area contributed by atoms with E-state index >= 15 is 0 Å². The molecule has 1 amide bonds. The highest BCUT2D eigenvalue weighted by Gasteiger charge is 2.25. The Morgan fingerprint density at radius 3 is 2.72 bits per heavy atom. The number of benzene rings is 1. The van der Waals surface area contributed by atoms with Crippen LogP contribution in [0.3, 0.4) is 0 Å². The van der Waals surface area contributed by atoms with Crippen LogP contribution < -0.4 is 4.74 Å². The van der Waals surface area contributed by atoms with Crippen molar-refractivity contribution in [1.29, 1.82) is 0 Å². The molecule has 2 aromatic rings. The summed E-state index contributed by atoms with van der Waals surface area (Å²) in [5.74, 6) is 1.33. The summed E-state index contributed by atoms with van der Waals surface area (Å²) in [4.78, 5) is 16.3. The lowest BCUT2D eigenvalue weighted by atomic mass is 10.1. The molecule has 0 aliphatic carbocycles. The Hall–Kier alpha value is -2.05. The van der Waals surface area contributed by atoms with Crippen LogP contribution in [-0.4, -0.2) is 72.3 Å². The Bertz CT molecular complexity index is 850. The van der Waals surface area contributed by atoms with Crippen LogP contribution in [0, 0.1) is 0 Å². The van der Waals surface area contributed by atoms with Gasteiger partial charge in [0.15, 0.2) is 0 Å². The zero-order chi connectivity index (χ0) is 19.6. The normalized spacial score (nSPS) is 24.1. The molecule has 1 aromatic carbocycles. The number of nitrogens with zero attached hydrogens (tertiary/aromatic N) is 3. The second-order valence-electron chi connectivity index (χ2n) is 8.57. The highest BCUT2D eigenvalue weighted by molar-refractivity contribution is 5.86. The van der Waals surface area contributed by atoms with Gasteiger partial charge in [0.2, 0.25) is 5.91 Å². The number of likely N-dealkylation sites (tertiary alicyclic amines) is 2. The predicted molar refractivity (Wildman–Crippen MR) is 112 cm³/mol. The zero-order valence-electron chi connectivity index (χ0n) is 17.1. The molecule has 0 spiro atoms. The zero-order valence-corrected chi connectivity index (χ0v) is 17.1. The third kappa shape index (κ3) is 4.01. The number of carbonyl (C=O) groups excluding carboxylic acids is 1.